The van der Waals surface area contributed by atoms with Crippen LogP contribution >= 0.6 is 11.3 Å². The Labute approximate surface area is 184 Å². The Morgan fingerprint density at radius 2 is 1.55 bits per heavy atom. The van der Waals surface area contributed by atoms with Crippen molar-refractivity contribution in [3.63, 3.8) is 0 Å². The third-order valence-electron chi connectivity index (χ3n) is 5.08. The van der Waals surface area contributed by atoms with Gasteiger partial charge < -0.3 is 4.57 Å². The molecule has 0 saturated heterocycles. The smallest absolute Gasteiger partial charge is 0.281 e. The van der Waals surface area contributed by atoms with Crippen molar-refractivity contribution < 1.29 is 4.79 Å². The van der Waals surface area contributed by atoms with Gasteiger partial charge in [-0.2, -0.15) is 5.10 Å². The first-order valence-electron chi connectivity index (χ1n) is 9.94. The number of thiophene rings is 1. The van der Waals surface area contributed by atoms with Crippen LogP contribution < -0.4 is 5.43 Å². The van der Waals surface area contributed by atoms with Gasteiger partial charge in [-0.1, -0.05) is 72.8 Å². The van der Waals surface area contributed by atoms with E-state index < -0.39 is 0 Å². The number of hydrogen-bond acceptors (Lipinski definition) is 3. The summed E-state index contributed by atoms with van der Waals surface area (Å²) in [4.78, 5) is 13.0. The molecule has 0 aliphatic rings. The average Bonchev–Trinajstić information content (AvgIpc) is 3.47. The SMILES string of the molecule is O=C(NN=Cc1c(-c2ccccc2)n(-c2ccccc2)c2ccccc12)c1cccs1. The fourth-order valence-corrected chi connectivity index (χ4v) is 4.35. The second-order valence-electron chi connectivity index (χ2n) is 6.99. The van der Waals surface area contributed by atoms with E-state index in [1.807, 2.05) is 60.0 Å². The zero-order valence-corrected chi connectivity index (χ0v) is 17.4. The van der Waals surface area contributed by atoms with Gasteiger partial charge in [-0.25, -0.2) is 5.43 Å². The Kier molecular flexibility index (Phi) is 5.17. The number of fused-ring (bicyclic) bond motifs is 1. The zero-order chi connectivity index (χ0) is 21.0. The van der Waals surface area contributed by atoms with Crippen LogP contribution in [0.1, 0.15) is 15.2 Å². The number of carbonyl (C=O) groups is 1. The summed E-state index contributed by atoms with van der Waals surface area (Å²) in [6.07, 6.45) is 1.75. The fraction of sp³-hybridized carbons (Fsp3) is 0. The highest BCUT2D eigenvalue weighted by Gasteiger charge is 2.18. The number of carbonyl (C=O) groups excluding carboxylic acids is 1. The lowest BCUT2D eigenvalue weighted by atomic mass is 10.1. The summed E-state index contributed by atoms with van der Waals surface area (Å²) in [6, 6.07) is 32.4. The molecule has 0 aliphatic heterocycles. The third-order valence-corrected chi connectivity index (χ3v) is 5.95. The van der Waals surface area contributed by atoms with Crippen molar-refractivity contribution in [1.29, 1.82) is 0 Å². The summed E-state index contributed by atoms with van der Waals surface area (Å²) in [5.74, 6) is -0.209. The number of rotatable bonds is 5. The van der Waals surface area contributed by atoms with E-state index in [9.17, 15) is 4.79 Å². The molecule has 0 atom stereocenters. The molecule has 4 nitrogen and oxygen atoms in total. The zero-order valence-electron chi connectivity index (χ0n) is 16.6. The van der Waals surface area contributed by atoms with Gasteiger partial charge in [0.05, 0.1) is 22.3 Å². The second kappa shape index (κ2) is 8.42. The first-order chi connectivity index (χ1) is 15.3. The standard InChI is InChI=1S/C26H19N3OS/c30-26(24-16-9-17-31-24)28-27-18-22-21-14-7-8-15-23(21)29(20-12-5-2-6-13-20)25(22)19-10-3-1-4-11-19/h1-18H,(H,28,30). The van der Waals surface area contributed by atoms with Gasteiger partial charge in [0.25, 0.3) is 5.91 Å². The van der Waals surface area contributed by atoms with Crippen LogP contribution in [0.5, 0.6) is 0 Å². The highest BCUT2D eigenvalue weighted by atomic mass is 32.1. The molecular formula is C26H19N3OS. The second-order valence-corrected chi connectivity index (χ2v) is 7.94. The molecule has 5 rings (SSSR count). The van der Waals surface area contributed by atoms with Crippen LogP contribution in [-0.2, 0) is 0 Å². The minimum Gasteiger partial charge on any atom is -0.309 e. The van der Waals surface area contributed by atoms with E-state index in [2.05, 4.69) is 51.5 Å². The minimum absolute atomic E-state index is 0.209. The Hall–Kier alpha value is -3.96. The molecule has 1 N–H and O–H groups in total. The van der Waals surface area contributed by atoms with E-state index in [0.717, 1.165) is 33.4 Å². The van der Waals surface area contributed by atoms with Crippen molar-refractivity contribution in [2.24, 2.45) is 5.10 Å². The largest absolute Gasteiger partial charge is 0.309 e. The number of aromatic nitrogens is 1. The number of nitrogens with zero attached hydrogens (tertiary/aromatic N) is 2. The Morgan fingerprint density at radius 3 is 2.29 bits per heavy atom. The van der Waals surface area contributed by atoms with E-state index in [1.54, 1.807) is 12.3 Å². The molecule has 5 heteroatoms. The van der Waals surface area contributed by atoms with Gasteiger partial charge in [0, 0.05) is 16.6 Å². The third kappa shape index (κ3) is 3.67. The van der Waals surface area contributed by atoms with Crippen molar-refractivity contribution in [3.05, 3.63) is 113 Å². The predicted octanol–water partition coefficient (Wildman–Crippen LogP) is 6.12. The molecule has 2 heterocycles. The maximum Gasteiger partial charge on any atom is 0.281 e. The molecule has 2 aromatic heterocycles. The molecule has 0 unspecified atom stereocenters. The molecule has 150 valence electrons. The topological polar surface area (TPSA) is 46.4 Å². The number of nitrogens with one attached hydrogen (secondary N) is 1. The monoisotopic (exact) mass is 421 g/mol. The molecule has 5 aromatic rings. The predicted molar refractivity (Wildman–Crippen MR) is 128 cm³/mol. The molecule has 3 aromatic carbocycles. The molecule has 0 radical (unpaired) electrons. The summed E-state index contributed by atoms with van der Waals surface area (Å²) < 4.78 is 2.24. The normalized spacial score (nSPS) is 11.2. The summed E-state index contributed by atoms with van der Waals surface area (Å²) in [5, 5.41) is 7.25. The molecule has 0 bridgehead atoms. The lowest BCUT2D eigenvalue weighted by Gasteiger charge is -2.12. The fourth-order valence-electron chi connectivity index (χ4n) is 3.74. The number of hydrogen-bond donors (Lipinski definition) is 1. The highest BCUT2D eigenvalue weighted by Crippen LogP contribution is 2.35. The molecule has 0 saturated carbocycles. The summed E-state index contributed by atoms with van der Waals surface area (Å²) in [6.45, 7) is 0. The van der Waals surface area contributed by atoms with Crippen molar-refractivity contribution in [2.45, 2.75) is 0 Å². The van der Waals surface area contributed by atoms with E-state index in [0.29, 0.717) is 4.88 Å². The van der Waals surface area contributed by atoms with Gasteiger partial charge in [0.15, 0.2) is 0 Å². The van der Waals surface area contributed by atoms with Gasteiger partial charge in [-0.3, -0.25) is 4.79 Å². The Morgan fingerprint density at radius 1 is 0.839 bits per heavy atom. The lowest BCUT2D eigenvalue weighted by Crippen LogP contribution is -2.16. The van der Waals surface area contributed by atoms with E-state index >= 15 is 0 Å². The van der Waals surface area contributed by atoms with Gasteiger partial charge in [-0.05, 0) is 35.2 Å². The first kappa shape index (κ1) is 19.0. The quantitative estimate of drug-likeness (QED) is 0.270. The molecule has 0 aliphatic carbocycles. The van der Waals surface area contributed by atoms with E-state index in [4.69, 9.17) is 0 Å². The maximum absolute atomic E-state index is 12.3. The number of hydrazone groups is 1. The van der Waals surface area contributed by atoms with Crippen LogP contribution in [0, 0.1) is 0 Å². The van der Waals surface area contributed by atoms with Crippen molar-refractivity contribution in [1.82, 2.24) is 9.99 Å². The van der Waals surface area contributed by atoms with Crippen LogP contribution in [0.4, 0.5) is 0 Å². The lowest BCUT2D eigenvalue weighted by molar-refractivity contribution is 0.0959. The summed E-state index contributed by atoms with van der Waals surface area (Å²) in [5.41, 5.74) is 7.87. The van der Waals surface area contributed by atoms with Crippen LogP contribution in [-0.4, -0.2) is 16.7 Å². The molecule has 1 amide bonds. The average molecular weight is 422 g/mol. The molecule has 0 fully saturated rings. The summed E-state index contributed by atoms with van der Waals surface area (Å²) in [7, 11) is 0. The van der Waals surface area contributed by atoms with Crippen molar-refractivity contribution in [3.8, 4) is 16.9 Å². The molecule has 31 heavy (non-hydrogen) atoms. The van der Waals surface area contributed by atoms with Gasteiger partial charge in [0.1, 0.15) is 0 Å². The van der Waals surface area contributed by atoms with Gasteiger partial charge in [-0.15, -0.1) is 11.3 Å². The number of amides is 1. The van der Waals surface area contributed by atoms with Crippen LogP contribution in [0.15, 0.2) is 108 Å². The maximum atomic E-state index is 12.3. The van der Waals surface area contributed by atoms with Crippen LogP contribution in [0.3, 0.4) is 0 Å². The number of para-hydroxylation sites is 2. The Balaban J connectivity index is 1.68. The number of benzene rings is 3. The molecule has 0 spiro atoms. The van der Waals surface area contributed by atoms with Crippen molar-refractivity contribution >= 4 is 34.4 Å². The minimum atomic E-state index is -0.209. The van der Waals surface area contributed by atoms with E-state index in [-0.39, 0.29) is 5.91 Å². The summed E-state index contributed by atoms with van der Waals surface area (Å²) >= 11 is 1.39. The first-order valence-corrected chi connectivity index (χ1v) is 10.8. The van der Waals surface area contributed by atoms with Crippen LogP contribution in [0.2, 0.25) is 0 Å². The van der Waals surface area contributed by atoms with Gasteiger partial charge >= 0.3 is 0 Å². The van der Waals surface area contributed by atoms with Crippen molar-refractivity contribution in [2.75, 3.05) is 0 Å². The Bertz CT molecular complexity index is 1350. The molecular weight excluding hydrogens is 402 g/mol. The van der Waals surface area contributed by atoms with Gasteiger partial charge in [0.2, 0.25) is 0 Å². The highest BCUT2D eigenvalue weighted by molar-refractivity contribution is 7.12. The van der Waals surface area contributed by atoms with E-state index in [1.165, 1.54) is 11.3 Å². The van der Waals surface area contributed by atoms with Crippen LogP contribution in [0.25, 0.3) is 27.8 Å².